The van der Waals surface area contributed by atoms with E-state index in [-0.39, 0.29) is 11.6 Å². The lowest BCUT2D eigenvalue weighted by molar-refractivity contribution is -0.231. The molecule has 50 heavy (non-hydrogen) atoms. The molecule has 5 atom stereocenters. The number of carbonyl (C=O) groups is 2. The number of carbonyl (C=O) groups excluding carboxylic acids is 2. The van der Waals surface area contributed by atoms with Gasteiger partial charge in [0.25, 0.3) is 0 Å². The van der Waals surface area contributed by atoms with Crippen LogP contribution in [0.5, 0.6) is 0 Å². The zero-order valence-electron chi connectivity index (χ0n) is 29.9. The number of hydrogen-bond donors (Lipinski definition) is 0. The van der Waals surface area contributed by atoms with Crippen LogP contribution in [0.4, 0.5) is 0 Å². The highest BCUT2D eigenvalue weighted by Gasteiger charge is 2.54. The summed E-state index contributed by atoms with van der Waals surface area (Å²) in [5.41, 5.74) is 1.05. The number of ether oxygens (including phenoxy) is 4. The van der Waals surface area contributed by atoms with E-state index < -0.39 is 55.7 Å². The van der Waals surface area contributed by atoms with Crippen molar-refractivity contribution in [3.63, 3.8) is 0 Å². The topological polar surface area (TPSA) is 80.3 Å². The van der Waals surface area contributed by atoms with Crippen LogP contribution in [0.1, 0.15) is 51.3 Å². The molecule has 0 aliphatic carbocycles. The molecule has 1 saturated heterocycles. The van der Waals surface area contributed by atoms with E-state index in [2.05, 4.69) is 70.3 Å². The van der Waals surface area contributed by atoms with Gasteiger partial charge in [-0.1, -0.05) is 142 Å². The fraction of sp³-hybridized carbons (Fsp3) is 0.366. The largest absolute Gasteiger partial charge is 0.457 e. The standard InChI is InChI=1S/C41H48O7SSi/c1-29(42)45-36-35(28-44-41(31-20-12-8-13-21-31,32-22-14-9-15-23-32)33-24-16-10-17-25-33)47-39(49-34-26-18-11-19-27-34)38(46-30(2)43)37(36)48-50(6,7)40(3,4)5/h8-27,35-39H,28H2,1-7H3/t35-,36-,37+,38-,39+/m1/s1. The van der Waals surface area contributed by atoms with E-state index >= 15 is 0 Å². The normalized spacial score (nSPS) is 21.3. The molecule has 0 unspecified atom stereocenters. The van der Waals surface area contributed by atoms with E-state index in [1.807, 2.05) is 84.9 Å². The minimum absolute atomic E-state index is 0.0205. The van der Waals surface area contributed by atoms with Crippen LogP contribution >= 0.6 is 11.8 Å². The summed E-state index contributed by atoms with van der Waals surface area (Å²) in [4.78, 5) is 26.5. The number of benzene rings is 4. The summed E-state index contributed by atoms with van der Waals surface area (Å²) in [6.07, 6.45) is -3.45. The lowest BCUT2D eigenvalue weighted by Gasteiger charge is -2.49. The third-order valence-electron chi connectivity index (χ3n) is 9.43. The molecular weight excluding hydrogens is 665 g/mol. The summed E-state index contributed by atoms with van der Waals surface area (Å²) in [6, 6.07) is 40.1. The van der Waals surface area contributed by atoms with Crippen molar-refractivity contribution in [2.75, 3.05) is 6.61 Å². The van der Waals surface area contributed by atoms with Crippen molar-refractivity contribution in [1.29, 1.82) is 0 Å². The monoisotopic (exact) mass is 712 g/mol. The first-order valence-electron chi connectivity index (χ1n) is 17.0. The van der Waals surface area contributed by atoms with Crippen LogP contribution in [0.15, 0.2) is 126 Å². The van der Waals surface area contributed by atoms with Gasteiger partial charge in [0.05, 0.1) is 6.61 Å². The van der Waals surface area contributed by atoms with E-state index in [0.29, 0.717) is 0 Å². The number of esters is 2. The molecule has 1 aliphatic rings. The Kier molecular flexibility index (Phi) is 12.1. The molecule has 0 N–H and O–H groups in total. The molecule has 5 rings (SSSR count). The van der Waals surface area contributed by atoms with Crippen LogP contribution in [-0.4, -0.2) is 56.7 Å². The fourth-order valence-electron chi connectivity index (χ4n) is 6.02. The Hall–Kier alpha value is -3.73. The Morgan fingerprint density at radius 2 is 1.08 bits per heavy atom. The third-order valence-corrected chi connectivity index (χ3v) is 15.1. The first-order valence-corrected chi connectivity index (χ1v) is 20.8. The smallest absolute Gasteiger partial charge is 0.303 e. The maximum Gasteiger partial charge on any atom is 0.303 e. The maximum atomic E-state index is 12.9. The average molecular weight is 713 g/mol. The molecule has 4 aromatic rings. The van der Waals surface area contributed by atoms with Gasteiger partial charge in [0.1, 0.15) is 23.2 Å². The number of thioether (sulfide) groups is 1. The predicted octanol–water partition coefficient (Wildman–Crippen LogP) is 8.77. The van der Waals surface area contributed by atoms with Gasteiger partial charge in [-0.15, -0.1) is 0 Å². The Bertz CT molecular complexity index is 1580. The van der Waals surface area contributed by atoms with Crippen LogP contribution in [0.25, 0.3) is 0 Å². The van der Waals surface area contributed by atoms with Crippen molar-refractivity contribution >= 4 is 32.0 Å². The third kappa shape index (κ3) is 8.58. The first-order chi connectivity index (χ1) is 23.8. The summed E-state index contributed by atoms with van der Waals surface area (Å²) < 4.78 is 33.3. The highest BCUT2D eigenvalue weighted by Crippen LogP contribution is 2.45. The summed E-state index contributed by atoms with van der Waals surface area (Å²) >= 11 is 1.44. The highest BCUT2D eigenvalue weighted by molar-refractivity contribution is 7.99. The van der Waals surface area contributed by atoms with Gasteiger partial charge in [-0.3, -0.25) is 9.59 Å². The minimum atomic E-state index is -2.53. The zero-order valence-corrected chi connectivity index (χ0v) is 31.7. The van der Waals surface area contributed by atoms with Crippen molar-refractivity contribution in [2.24, 2.45) is 0 Å². The summed E-state index contributed by atoms with van der Waals surface area (Å²) in [7, 11) is -2.53. The molecule has 0 amide bonds. The van der Waals surface area contributed by atoms with Gasteiger partial charge in [0, 0.05) is 18.7 Å². The van der Waals surface area contributed by atoms with Crippen LogP contribution in [0.3, 0.4) is 0 Å². The molecule has 0 aromatic heterocycles. The second-order valence-electron chi connectivity index (χ2n) is 14.1. The molecule has 7 nitrogen and oxygen atoms in total. The van der Waals surface area contributed by atoms with Crippen molar-refractivity contribution in [2.45, 2.75) is 93.1 Å². The second kappa shape index (κ2) is 16.1. The SMILES string of the molecule is CC(=O)O[C@@H]1[C@@H](O[Si](C)(C)C(C)(C)C)[C@H](OC(C)=O)[C@@H](COC(c2ccccc2)(c2ccccc2)c2ccccc2)O[C@H]1Sc1ccccc1. The van der Waals surface area contributed by atoms with Crippen molar-refractivity contribution in [3.05, 3.63) is 138 Å². The molecule has 1 heterocycles. The number of rotatable bonds is 12. The minimum Gasteiger partial charge on any atom is -0.457 e. The van der Waals surface area contributed by atoms with Crippen molar-refractivity contribution in [3.8, 4) is 0 Å². The van der Waals surface area contributed by atoms with E-state index in [4.69, 9.17) is 23.4 Å². The maximum absolute atomic E-state index is 12.9. The Labute approximate surface area is 301 Å². The van der Waals surface area contributed by atoms with Gasteiger partial charge in [-0.2, -0.15) is 0 Å². The van der Waals surface area contributed by atoms with Gasteiger partial charge >= 0.3 is 11.9 Å². The molecule has 0 bridgehead atoms. The van der Waals surface area contributed by atoms with E-state index in [1.54, 1.807) is 0 Å². The summed E-state index contributed by atoms with van der Waals surface area (Å²) in [5.74, 6) is -0.975. The molecule has 1 aliphatic heterocycles. The van der Waals surface area contributed by atoms with Gasteiger partial charge in [0.15, 0.2) is 20.5 Å². The lowest BCUT2D eigenvalue weighted by Crippen LogP contribution is -2.64. The van der Waals surface area contributed by atoms with Gasteiger partial charge in [-0.05, 0) is 47.0 Å². The lowest BCUT2D eigenvalue weighted by atomic mass is 9.80. The van der Waals surface area contributed by atoms with E-state index in [0.717, 1.165) is 21.6 Å². The molecule has 264 valence electrons. The van der Waals surface area contributed by atoms with Crippen molar-refractivity contribution in [1.82, 2.24) is 0 Å². The average Bonchev–Trinajstić information content (AvgIpc) is 3.09. The van der Waals surface area contributed by atoms with Crippen LogP contribution in [0.2, 0.25) is 18.1 Å². The molecule has 0 radical (unpaired) electrons. The zero-order chi connectivity index (χ0) is 35.9. The summed E-state index contributed by atoms with van der Waals surface area (Å²) in [6.45, 7) is 13.5. The predicted molar refractivity (Wildman–Crippen MR) is 199 cm³/mol. The molecule has 0 spiro atoms. The second-order valence-corrected chi connectivity index (χ2v) is 20.0. The molecule has 0 saturated carbocycles. The molecule has 4 aromatic carbocycles. The van der Waals surface area contributed by atoms with Gasteiger partial charge in [0.2, 0.25) is 0 Å². The van der Waals surface area contributed by atoms with E-state index in [9.17, 15) is 9.59 Å². The number of hydrogen-bond acceptors (Lipinski definition) is 8. The molecule has 9 heteroatoms. The Morgan fingerprint density at radius 1 is 0.660 bits per heavy atom. The van der Waals surface area contributed by atoms with Gasteiger partial charge in [-0.25, -0.2) is 0 Å². The van der Waals surface area contributed by atoms with E-state index in [1.165, 1.54) is 25.6 Å². The van der Waals surface area contributed by atoms with Crippen LogP contribution in [-0.2, 0) is 38.6 Å². The molecule has 1 fully saturated rings. The van der Waals surface area contributed by atoms with Crippen LogP contribution < -0.4 is 0 Å². The van der Waals surface area contributed by atoms with Gasteiger partial charge < -0.3 is 23.4 Å². The summed E-state index contributed by atoms with van der Waals surface area (Å²) in [5, 5.41) is -0.190. The Morgan fingerprint density at radius 3 is 1.50 bits per heavy atom. The highest BCUT2D eigenvalue weighted by atomic mass is 32.2. The van der Waals surface area contributed by atoms with Crippen LogP contribution in [0, 0.1) is 0 Å². The van der Waals surface area contributed by atoms with Crippen molar-refractivity contribution < 1.29 is 33.0 Å². The Balaban J connectivity index is 1.64. The quantitative estimate of drug-likeness (QED) is 0.0820. The molecular formula is C41H48O7SSi. The first kappa shape index (κ1) is 37.5. The fourth-order valence-corrected chi connectivity index (χ4v) is 8.45.